The van der Waals surface area contributed by atoms with E-state index in [0.717, 1.165) is 0 Å². The summed E-state index contributed by atoms with van der Waals surface area (Å²) >= 11 is 3.26. The maximum Gasteiger partial charge on any atom is 0.243 e. The molecule has 0 saturated carbocycles. The zero-order valence-corrected chi connectivity index (χ0v) is 13.5. The van der Waals surface area contributed by atoms with Crippen LogP contribution in [0.1, 0.15) is 12.2 Å². The van der Waals surface area contributed by atoms with Gasteiger partial charge in [0.25, 0.3) is 0 Å². The van der Waals surface area contributed by atoms with Crippen molar-refractivity contribution in [2.24, 2.45) is 0 Å². The van der Waals surface area contributed by atoms with Gasteiger partial charge in [-0.25, -0.2) is 8.42 Å². The van der Waals surface area contributed by atoms with Crippen LogP contribution in [0.15, 0.2) is 56.4 Å². The van der Waals surface area contributed by atoms with E-state index in [0.29, 0.717) is 10.2 Å². The summed E-state index contributed by atoms with van der Waals surface area (Å²) in [6, 6.07) is 11.9. The summed E-state index contributed by atoms with van der Waals surface area (Å²) in [7, 11) is -3.68. The molecule has 5 nitrogen and oxygen atoms in total. The molecule has 0 radical (unpaired) electrons. The van der Waals surface area contributed by atoms with Crippen LogP contribution in [0.5, 0.6) is 0 Å². The van der Waals surface area contributed by atoms with E-state index in [1.165, 1.54) is 22.7 Å². The minimum atomic E-state index is -3.68. The van der Waals surface area contributed by atoms with Gasteiger partial charge in [0.05, 0.1) is 23.8 Å². The third-order valence-electron chi connectivity index (χ3n) is 2.82. The number of nitriles is 1. The van der Waals surface area contributed by atoms with Gasteiger partial charge < -0.3 is 4.42 Å². The van der Waals surface area contributed by atoms with Crippen molar-refractivity contribution in [3.8, 4) is 6.07 Å². The summed E-state index contributed by atoms with van der Waals surface area (Å²) in [5.41, 5.74) is 0. The number of benzene rings is 1. The zero-order valence-electron chi connectivity index (χ0n) is 11.1. The number of hydrogen-bond acceptors (Lipinski definition) is 4. The van der Waals surface area contributed by atoms with Gasteiger partial charge in [-0.3, -0.25) is 0 Å². The number of rotatable bonds is 6. The highest BCUT2D eigenvalue weighted by Crippen LogP contribution is 2.22. The van der Waals surface area contributed by atoms with Crippen molar-refractivity contribution in [3.63, 3.8) is 0 Å². The highest BCUT2D eigenvalue weighted by atomic mass is 79.9. The molecule has 0 bridgehead atoms. The van der Waals surface area contributed by atoms with Gasteiger partial charge in [0.2, 0.25) is 10.0 Å². The summed E-state index contributed by atoms with van der Waals surface area (Å²) in [5, 5.41) is 8.72. The molecule has 21 heavy (non-hydrogen) atoms. The SMILES string of the molecule is N#CCCN(Cc1ccco1)S(=O)(=O)c1cccc(Br)c1. The third kappa shape index (κ3) is 3.94. The maximum atomic E-state index is 12.7. The Labute approximate surface area is 132 Å². The van der Waals surface area contributed by atoms with Crippen molar-refractivity contribution in [3.05, 3.63) is 52.9 Å². The first-order valence-electron chi connectivity index (χ1n) is 6.19. The van der Waals surface area contributed by atoms with Crippen molar-refractivity contribution in [2.75, 3.05) is 6.54 Å². The molecule has 1 aromatic heterocycles. The van der Waals surface area contributed by atoms with Crippen LogP contribution in [0.2, 0.25) is 0 Å². The fraction of sp³-hybridized carbons (Fsp3) is 0.214. The van der Waals surface area contributed by atoms with Gasteiger partial charge in [-0.15, -0.1) is 0 Å². The fourth-order valence-electron chi connectivity index (χ4n) is 1.81. The third-order valence-corrected chi connectivity index (χ3v) is 5.15. The molecule has 0 spiro atoms. The lowest BCUT2D eigenvalue weighted by molar-refractivity contribution is 0.368. The average Bonchev–Trinajstić information content (AvgIpc) is 2.96. The number of nitrogens with zero attached hydrogens (tertiary/aromatic N) is 2. The number of halogens is 1. The van der Waals surface area contributed by atoms with Crippen LogP contribution >= 0.6 is 15.9 Å². The predicted octanol–water partition coefficient (Wildman–Crippen LogP) is 3.15. The molecule has 0 unspecified atom stereocenters. The number of furan rings is 1. The molecule has 0 aliphatic rings. The Morgan fingerprint density at radius 1 is 1.29 bits per heavy atom. The Morgan fingerprint density at radius 2 is 2.10 bits per heavy atom. The van der Waals surface area contributed by atoms with Crippen LogP contribution in [0.25, 0.3) is 0 Å². The fourth-order valence-corrected chi connectivity index (χ4v) is 3.82. The first-order chi connectivity index (χ1) is 10.0. The summed E-state index contributed by atoms with van der Waals surface area (Å²) in [6.45, 7) is 0.218. The minimum Gasteiger partial charge on any atom is -0.468 e. The molecule has 0 amide bonds. The smallest absolute Gasteiger partial charge is 0.243 e. The lowest BCUT2D eigenvalue weighted by Crippen LogP contribution is -2.31. The lowest BCUT2D eigenvalue weighted by atomic mass is 10.4. The van der Waals surface area contributed by atoms with Crippen LogP contribution < -0.4 is 0 Å². The van der Waals surface area contributed by atoms with Crippen molar-refractivity contribution in [1.82, 2.24) is 4.31 Å². The lowest BCUT2D eigenvalue weighted by Gasteiger charge is -2.20. The molecule has 0 fully saturated rings. The Hall–Kier alpha value is -1.62. The highest BCUT2D eigenvalue weighted by molar-refractivity contribution is 9.10. The first kappa shape index (κ1) is 15.8. The average molecular weight is 369 g/mol. The summed E-state index contributed by atoms with van der Waals surface area (Å²) in [4.78, 5) is 0.182. The van der Waals surface area contributed by atoms with E-state index >= 15 is 0 Å². The second kappa shape index (κ2) is 6.89. The number of sulfonamides is 1. The van der Waals surface area contributed by atoms with E-state index in [9.17, 15) is 8.42 Å². The van der Waals surface area contributed by atoms with E-state index < -0.39 is 10.0 Å². The monoisotopic (exact) mass is 368 g/mol. The molecule has 7 heteroatoms. The van der Waals surface area contributed by atoms with Gasteiger partial charge in [-0.05, 0) is 30.3 Å². The van der Waals surface area contributed by atoms with Crippen molar-refractivity contribution in [2.45, 2.75) is 17.9 Å². The number of hydrogen-bond donors (Lipinski definition) is 0. The summed E-state index contributed by atoms with van der Waals surface area (Å²) in [5.74, 6) is 0.534. The van der Waals surface area contributed by atoms with Gasteiger partial charge in [-0.1, -0.05) is 22.0 Å². The molecule has 2 aromatic rings. The predicted molar refractivity (Wildman–Crippen MR) is 80.7 cm³/mol. The van der Waals surface area contributed by atoms with Gasteiger partial charge in [-0.2, -0.15) is 9.57 Å². The van der Waals surface area contributed by atoms with E-state index in [4.69, 9.17) is 9.68 Å². The van der Waals surface area contributed by atoms with Crippen molar-refractivity contribution < 1.29 is 12.8 Å². The van der Waals surface area contributed by atoms with Crippen molar-refractivity contribution >= 4 is 26.0 Å². The van der Waals surface area contributed by atoms with Crippen LogP contribution in [0, 0.1) is 11.3 Å². The van der Waals surface area contributed by atoms with Crippen LogP contribution in [0.3, 0.4) is 0 Å². The summed E-state index contributed by atoms with van der Waals surface area (Å²) in [6.07, 6.45) is 1.61. The molecule has 0 N–H and O–H groups in total. The molecule has 2 rings (SSSR count). The highest BCUT2D eigenvalue weighted by Gasteiger charge is 2.25. The molecule has 0 atom stereocenters. The molecule has 0 aliphatic carbocycles. The molecule has 0 aliphatic heterocycles. The normalized spacial score (nSPS) is 11.5. The van der Waals surface area contributed by atoms with Crippen LogP contribution in [-0.2, 0) is 16.6 Å². The largest absolute Gasteiger partial charge is 0.468 e. The second-order valence-corrected chi connectivity index (χ2v) is 7.14. The van der Waals surface area contributed by atoms with Crippen molar-refractivity contribution in [1.29, 1.82) is 5.26 Å². The molecular formula is C14H13BrN2O3S. The van der Waals surface area contributed by atoms with Crippen LogP contribution in [0.4, 0.5) is 0 Å². The maximum absolute atomic E-state index is 12.7. The Morgan fingerprint density at radius 3 is 2.71 bits per heavy atom. The molecule has 0 saturated heterocycles. The van der Waals surface area contributed by atoms with Gasteiger partial charge in [0.1, 0.15) is 5.76 Å². The Bertz CT molecular complexity index is 736. The van der Waals surface area contributed by atoms with E-state index in [1.54, 1.807) is 24.3 Å². The Kier molecular flexibility index (Phi) is 5.17. The second-order valence-electron chi connectivity index (χ2n) is 4.28. The molecule has 1 aromatic carbocycles. The van der Waals surface area contributed by atoms with Crippen LogP contribution in [-0.4, -0.2) is 19.3 Å². The standard InChI is InChI=1S/C14H13BrN2O3S/c15-12-4-1-6-14(10-12)21(18,19)17(8-3-7-16)11-13-5-2-9-20-13/h1-2,4-6,9-10H,3,8,11H2. The first-order valence-corrected chi connectivity index (χ1v) is 8.42. The zero-order chi connectivity index (χ0) is 15.3. The summed E-state index contributed by atoms with van der Waals surface area (Å²) < 4.78 is 32.5. The molecular weight excluding hydrogens is 356 g/mol. The topological polar surface area (TPSA) is 74.3 Å². The Balaban J connectivity index is 2.32. The van der Waals surface area contributed by atoms with E-state index in [2.05, 4.69) is 15.9 Å². The van der Waals surface area contributed by atoms with Gasteiger partial charge >= 0.3 is 0 Å². The molecule has 1 heterocycles. The minimum absolute atomic E-state index is 0.101. The molecule has 110 valence electrons. The quantitative estimate of drug-likeness (QED) is 0.784. The van der Waals surface area contributed by atoms with Gasteiger partial charge in [0.15, 0.2) is 0 Å². The van der Waals surface area contributed by atoms with E-state index in [-0.39, 0.29) is 24.4 Å². The van der Waals surface area contributed by atoms with E-state index in [1.807, 2.05) is 6.07 Å². The van der Waals surface area contributed by atoms with Gasteiger partial charge in [0, 0.05) is 17.4 Å².